The molecule has 1 aromatic rings. The van der Waals surface area contributed by atoms with Crippen molar-refractivity contribution in [2.45, 2.75) is 25.8 Å². The number of para-hydroxylation sites is 1. The third-order valence-corrected chi connectivity index (χ3v) is 4.07. The molecule has 122 valence electrons. The number of hydrogen-bond donors (Lipinski definition) is 2. The van der Waals surface area contributed by atoms with Gasteiger partial charge in [0.2, 0.25) is 5.91 Å². The van der Waals surface area contributed by atoms with Gasteiger partial charge < -0.3 is 16.0 Å². The Morgan fingerprint density at radius 3 is 2.55 bits per heavy atom. The predicted octanol–water partition coefficient (Wildman–Crippen LogP) is 1.05. The predicted molar refractivity (Wildman–Crippen MR) is 91.0 cm³/mol. The number of carbonyl (C=O) groups is 1. The van der Waals surface area contributed by atoms with Crippen LogP contribution in [-0.4, -0.2) is 56.1 Å². The summed E-state index contributed by atoms with van der Waals surface area (Å²) in [6, 6.07) is 10.7. The molecule has 5 heteroatoms. The summed E-state index contributed by atoms with van der Waals surface area (Å²) in [6.07, 6.45) is 1.41. The highest BCUT2D eigenvalue weighted by molar-refractivity contribution is 5.76. The minimum Gasteiger partial charge on any atom is -0.369 e. The first-order valence-electron chi connectivity index (χ1n) is 8.20. The van der Waals surface area contributed by atoms with E-state index < -0.39 is 0 Å². The first kappa shape index (κ1) is 16.8. The molecule has 0 aromatic heterocycles. The number of piperazine rings is 1. The van der Waals surface area contributed by atoms with Gasteiger partial charge in [0, 0.05) is 57.4 Å². The molecule has 1 aromatic carbocycles. The molecule has 1 atom stereocenters. The molecule has 1 fully saturated rings. The topological polar surface area (TPSA) is 61.6 Å². The van der Waals surface area contributed by atoms with Gasteiger partial charge in [-0.25, -0.2) is 0 Å². The van der Waals surface area contributed by atoms with Crippen molar-refractivity contribution in [1.29, 1.82) is 0 Å². The Hall–Kier alpha value is -1.59. The zero-order valence-corrected chi connectivity index (χ0v) is 13.5. The molecule has 1 aliphatic heterocycles. The maximum Gasteiger partial charge on any atom is 0.221 e. The molecule has 0 radical (unpaired) electrons. The summed E-state index contributed by atoms with van der Waals surface area (Å²) in [6.45, 7) is 7.56. The zero-order valence-electron chi connectivity index (χ0n) is 13.5. The third kappa shape index (κ3) is 5.66. The lowest BCUT2D eigenvalue weighted by Gasteiger charge is -2.36. The van der Waals surface area contributed by atoms with Crippen LogP contribution in [0.4, 0.5) is 5.69 Å². The van der Waals surface area contributed by atoms with Crippen LogP contribution in [0.15, 0.2) is 30.3 Å². The minimum atomic E-state index is 0.131. The summed E-state index contributed by atoms with van der Waals surface area (Å²) in [5.41, 5.74) is 6.95. The number of nitrogens with two attached hydrogens (primary N) is 1. The van der Waals surface area contributed by atoms with Gasteiger partial charge in [-0.05, 0) is 25.5 Å². The van der Waals surface area contributed by atoms with E-state index in [9.17, 15) is 4.79 Å². The van der Waals surface area contributed by atoms with Crippen molar-refractivity contribution in [3.63, 3.8) is 0 Å². The lowest BCUT2D eigenvalue weighted by atomic mass is 10.2. The fraction of sp³-hybridized carbons (Fsp3) is 0.588. The summed E-state index contributed by atoms with van der Waals surface area (Å²) in [7, 11) is 0. The molecule has 0 bridgehead atoms. The second-order valence-electron chi connectivity index (χ2n) is 6.03. The van der Waals surface area contributed by atoms with Crippen molar-refractivity contribution >= 4 is 11.6 Å². The van der Waals surface area contributed by atoms with Gasteiger partial charge in [-0.3, -0.25) is 9.69 Å². The molecular weight excluding hydrogens is 276 g/mol. The highest BCUT2D eigenvalue weighted by Crippen LogP contribution is 2.15. The van der Waals surface area contributed by atoms with Crippen LogP contribution in [0.1, 0.15) is 19.8 Å². The van der Waals surface area contributed by atoms with Crippen LogP contribution >= 0.6 is 0 Å². The largest absolute Gasteiger partial charge is 0.369 e. The minimum absolute atomic E-state index is 0.131. The van der Waals surface area contributed by atoms with Crippen LogP contribution in [0.25, 0.3) is 0 Å². The Bertz CT molecular complexity index is 441. The number of amides is 1. The van der Waals surface area contributed by atoms with Gasteiger partial charge in [-0.1, -0.05) is 18.2 Å². The summed E-state index contributed by atoms with van der Waals surface area (Å²) < 4.78 is 0. The van der Waals surface area contributed by atoms with E-state index in [1.165, 1.54) is 5.69 Å². The van der Waals surface area contributed by atoms with Crippen molar-refractivity contribution in [1.82, 2.24) is 10.2 Å². The molecule has 2 rings (SSSR count). The fourth-order valence-corrected chi connectivity index (χ4v) is 2.66. The fourth-order valence-electron chi connectivity index (χ4n) is 2.66. The molecule has 1 unspecified atom stereocenters. The smallest absolute Gasteiger partial charge is 0.221 e. The van der Waals surface area contributed by atoms with Crippen molar-refractivity contribution in [3.05, 3.63) is 30.3 Å². The van der Waals surface area contributed by atoms with Crippen LogP contribution in [0.3, 0.4) is 0 Å². The Morgan fingerprint density at radius 1 is 1.23 bits per heavy atom. The first-order chi connectivity index (χ1) is 10.6. The molecular formula is C17H28N4O. The van der Waals surface area contributed by atoms with E-state index in [1.54, 1.807) is 0 Å². The maximum absolute atomic E-state index is 11.8. The second-order valence-corrected chi connectivity index (χ2v) is 6.03. The van der Waals surface area contributed by atoms with Crippen LogP contribution in [-0.2, 0) is 4.79 Å². The molecule has 1 saturated heterocycles. The molecule has 0 saturated carbocycles. The Labute approximate surface area is 133 Å². The van der Waals surface area contributed by atoms with Gasteiger partial charge in [0.15, 0.2) is 0 Å². The zero-order chi connectivity index (χ0) is 15.8. The Morgan fingerprint density at radius 2 is 1.91 bits per heavy atom. The summed E-state index contributed by atoms with van der Waals surface area (Å²) in [5.74, 6) is 0.131. The van der Waals surface area contributed by atoms with Gasteiger partial charge in [-0.15, -0.1) is 0 Å². The highest BCUT2D eigenvalue weighted by Gasteiger charge is 2.17. The highest BCUT2D eigenvalue weighted by atomic mass is 16.1. The number of carbonyl (C=O) groups excluding carboxylic acids is 1. The maximum atomic E-state index is 11.8. The molecule has 22 heavy (non-hydrogen) atoms. The van der Waals surface area contributed by atoms with E-state index in [2.05, 4.69) is 39.4 Å². The number of hydrogen-bond acceptors (Lipinski definition) is 4. The molecule has 0 aliphatic carbocycles. The van der Waals surface area contributed by atoms with Crippen molar-refractivity contribution in [2.24, 2.45) is 5.73 Å². The number of rotatable bonds is 7. The summed E-state index contributed by atoms with van der Waals surface area (Å²) in [5, 5.41) is 2.93. The lowest BCUT2D eigenvalue weighted by molar-refractivity contribution is -0.121. The molecule has 1 aliphatic rings. The quantitative estimate of drug-likeness (QED) is 0.790. The van der Waals surface area contributed by atoms with Crippen molar-refractivity contribution < 1.29 is 4.79 Å². The number of anilines is 1. The van der Waals surface area contributed by atoms with Gasteiger partial charge in [0.05, 0.1) is 0 Å². The van der Waals surface area contributed by atoms with E-state index in [-0.39, 0.29) is 11.9 Å². The lowest BCUT2D eigenvalue weighted by Crippen LogP contribution is -2.47. The van der Waals surface area contributed by atoms with Gasteiger partial charge in [-0.2, -0.15) is 0 Å². The van der Waals surface area contributed by atoms with Crippen LogP contribution < -0.4 is 16.0 Å². The van der Waals surface area contributed by atoms with Crippen LogP contribution in [0.2, 0.25) is 0 Å². The number of nitrogens with one attached hydrogen (secondary N) is 1. The van der Waals surface area contributed by atoms with Crippen LogP contribution in [0.5, 0.6) is 0 Å². The summed E-state index contributed by atoms with van der Waals surface area (Å²) in [4.78, 5) is 16.5. The Kier molecular flexibility index (Phi) is 6.68. The van der Waals surface area contributed by atoms with Gasteiger partial charge in [0.25, 0.3) is 0 Å². The number of nitrogens with zero attached hydrogens (tertiary/aromatic N) is 2. The molecule has 1 amide bonds. The second kappa shape index (κ2) is 8.76. The normalized spacial score (nSPS) is 17.3. The standard InChI is InChI=1S/C17H28N4O/c1-15(18)7-9-19-17(22)8-10-20-11-13-21(14-12-20)16-5-3-2-4-6-16/h2-6,15H,7-14,18H2,1H3,(H,19,22). The van der Waals surface area contributed by atoms with Crippen molar-refractivity contribution in [3.8, 4) is 0 Å². The average molecular weight is 304 g/mol. The van der Waals surface area contributed by atoms with E-state index in [1.807, 2.05) is 13.0 Å². The van der Waals surface area contributed by atoms with Gasteiger partial charge in [0.1, 0.15) is 0 Å². The third-order valence-electron chi connectivity index (χ3n) is 4.07. The van der Waals surface area contributed by atoms with E-state index in [0.717, 1.165) is 39.1 Å². The van der Waals surface area contributed by atoms with E-state index >= 15 is 0 Å². The Balaban J connectivity index is 1.62. The van der Waals surface area contributed by atoms with Gasteiger partial charge >= 0.3 is 0 Å². The molecule has 5 nitrogen and oxygen atoms in total. The van der Waals surface area contributed by atoms with E-state index in [4.69, 9.17) is 5.73 Å². The number of benzene rings is 1. The SMILES string of the molecule is CC(N)CCNC(=O)CCN1CCN(c2ccccc2)CC1. The molecule has 3 N–H and O–H groups in total. The average Bonchev–Trinajstić information content (AvgIpc) is 2.54. The van der Waals surface area contributed by atoms with Crippen LogP contribution in [0, 0.1) is 0 Å². The van der Waals surface area contributed by atoms with E-state index in [0.29, 0.717) is 13.0 Å². The first-order valence-corrected chi connectivity index (χ1v) is 8.20. The molecule has 1 heterocycles. The molecule has 0 spiro atoms. The monoisotopic (exact) mass is 304 g/mol. The van der Waals surface area contributed by atoms with Crippen molar-refractivity contribution in [2.75, 3.05) is 44.2 Å². The summed E-state index contributed by atoms with van der Waals surface area (Å²) >= 11 is 0.